The number of nitrogens with zero attached hydrogens (tertiary/aromatic N) is 4. The minimum Gasteiger partial charge on any atom is -0.456 e. The van der Waals surface area contributed by atoms with Crippen LogP contribution in [0, 0.1) is 0 Å². The summed E-state index contributed by atoms with van der Waals surface area (Å²) in [6.07, 6.45) is 0. The van der Waals surface area contributed by atoms with Crippen LogP contribution in [0.1, 0.15) is 0 Å². The van der Waals surface area contributed by atoms with Gasteiger partial charge in [0.15, 0.2) is 0 Å². The van der Waals surface area contributed by atoms with Gasteiger partial charge in [-0.15, -0.1) is 0 Å². The van der Waals surface area contributed by atoms with Crippen molar-refractivity contribution in [2.45, 2.75) is 0 Å². The highest BCUT2D eigenvalue weighted by molar-refractivity contribution is 6.14. The molecule has 0 radical (unpaired) electrons. The Labute approximate surface area is 759 Å². The van der Waals surface area contributed by atoms with Gasteiger partial charge in [0.2, 0.25) is 0 Å². The molecule has 0 spiro atoms. The second-order valence-electron chi connectivity index (χ2n) is 33.9. The van der Waals surface area contributed by atoms with Gasteiger partial charge >= 0.3 is 0 Å². The Bertz CT molecular complexity index is 8370. The Morgan fingerprint density at radius 3 is 0.595 bits per heavy atom. The van der Waals surface area contributed by atoms with Crippen LogP contribution in [0.15, 0.2) is 514 Å². The lowest BCUT2D eigenvalue weighted by atomic mass is 9.92. The highest BCUT2D eigenvalue weighted by Crippen LogP contribution is 2.45. The molecule has 131 heavy (non-hydrogen) atoms. The molecular formula is C126H84N4O. The lowest BCUT2D eigenvalue weighted by molar-refractivity contribution is 0.669. The van der Waals surface area contributed by atoms with Gasteiger partial charge in [-0.25, -0.2) is 0 Å². The summed E-state index contributed by atoms with van der Waals surface area (Å²) in [5.41, 5.74) is 37.6. The maximum absolute atomic E-state index is 6.14. The molecule has 5 aromatic heterocycles. The summed E-state index contributed by atoms with van der Waals surface area (Å²) >= 11 is 0. The largest absolute Gasteiger partial charge is 0.456 e. The van der Waals surface area contributed by atoms with Crippen molar-refractivity contribution in [1.29, 1.82) is 0 Å². The van der Waals surface area contributed by atoms with Crippen molar-refractivity contribution >= 4 is 109 Å². The van der Waals surface area contributed by atoms with Crippen LogP contribution in [-0.4, -0.2) is 18.3 Å². The van der Waals surface area contributed by atoms with Gasteiger partial charge in [-0.2, -0.15) is 0 Å². The standard InChI is InChI=1S/C48H32N2.C42H27NO.C36H25N/c1-3-15-33(16-4-1)35-27-36(34-17-5-2-6-18-34)29-37(28-35)38-30-39(49-45-23-11-7-19-41(45)42-20-8-12-24-46(42)49)32-40(31-38)50-47-25-13-9-21-43(47)44-22-10-14-26-48(44)50;1-2-11-28(12-3-1)31-23-32(25-33(24-31)30-21-22-42-38(27-30)37-17-6-9-20-41(37)44-42)29-13-10-14-34(26-29)43-39-18-7-4-15-35(39)36-16-5-8-19-40(36)43;1-3-12-26(13-4-1)29-22-30(27-14-5-2-6-15-27)24-31(23-29)28-16-11-17-32(25-28)37-35-20-9-7-18-33(35)34-19-8-10-21-36(34)37/h1-32H;1-27H;1-25H. The van der Waals surface area contributed by atoms with E-state index in [-0.39, 0.29) is 0 Å². The normalized spacial score (nSPS) is 11.5. The monoisotopic (exact) mass is 1670 g/mol. The Morgan fingerprint density at radius 2 is 0.305 bits per heavy atom. The molecule has 0 fully saturated rings. The molecule has 0 saturated carbocycles. The van der Waals surface area contributed by atoms with Crippen molar-refractivity contribution in [3.63, 3.8) is 0 Å². The SMILES string of the molecule is c1ccc(-c2cc(-c3cccc(-n4c5ccccc5c5ccccc54)c3)cc(-c3ccc4oc5ccccc5c4c3)c2)cc1.c1ccc(-c2cc(-c3ccccc3)cc(-c3cc(-n4c5ccccc5c5ccccc54)cc(-n4c5ccccc5c5ccccc54)c3)c2)cc1.c1ccc(-c2cc(-c3ccccc3)cc(-c3cccc(-n4c5ccccc5c5ccccc54)c3)c2)cc1. The van der Waals surface area contributed by atoms with E-state index in [0.29, 0.717) is 0 Å². The topological polar surface area (TPSA) is 32.9 Å². The van der Waals surface area contributed by atoms with E-state index in [4.69, 9.17) is 4.42 Å². The van der Waals surface area contributed by atoms with Gasteiger partial charge in [-0.1, -0.05) is 346 Å². The summed E-state index contributed by atoms with van der Waals surface area (Å²) in [6.45, 7) is 0. The molecule has 0 bridgehead atoms. The summed E-state index contributed by atoms with van der Waals surface area (Å²) in [6, 6.07) is 184. The number of rotatable bonds is 13. The third-order valence-electron chi connectivity index (χ3n) is 26.0. The van der Waals surface area contributed by atoms with Crippen LogP contribution in [0.2, 0.25) is 0 Å². The van der Waals surface area contributed by atoms with E-state index >= 15 is 0 Å². The molecule has 21 aromatic carbocycles. The summed E-state index contributed by atoms with van der Waals surface area (Å²) in [4.78, 5) is 0. The predicted molar refractivity (Wildman–Crippen MR) is 553 cm³/mol. The molecule has 0 N–H and O–H groups in total. The number of hydrogen-bond donors (Lipinski definition) is 0. The molecule has 5 heteroatoms. The first-order valence-corrected chi connectivity index (χ1v) is 44.9. The van der Waals surface area contributed by atoms with Gasteiger partial charge in [0.05, 0.1) is 44.1 Å². The number of fused-ring (bicyclic) bond motifs is 15. The summed E-state index contributed by atoms with van der Waals surface area (Å²) in [7, 11) is 0. The number of benzene rings is 21. The summed E-state index contributed by atoms with van der Waals surface area (Å²) in [5, 5.41) is 12.4. The summed E-state index contributed by atoms with van der Waals surface area (Å²) in [5.74, 6) is 0. The predicted octanol–water partition coefficient (Wildman–Crippen LogP) is 34.4. The van der Waals surface area contributed by atoms with E-state index in [1.807, 2.05) is 12.1 Å². The molecular weight excluding hydrogens is 1590 g/mol. The molecule has 0 saturated heterocycles. The maximum Gasteiger partial charge on any atom is 0.135 e. The molecule has 5 nitrogen and oxygen atoms in total. The second-order valence-corrected chi connectivity index (χ2v) is 33.9. The summed E-state index contributed by atoms with van der Waals surface area (Å²) < 4.78 is 15.8. The van der Waals surface area contributed by atoms with Crippen LogP contribution in [0.25, 0.3) is 232 Å². The van der Waals surface area contributed by atoms with E-state index in [0.717, 1.165) is 44.6 Å². The van der Waals surface area contributed by atoms with Crippen LogP contribution >= 0.6 is 0 Å². The van der Waals surface area contributed by atoms with Crippen LogP contribution in [-0.2, 0) is 0 Å². The van der Waals surface area contributed by atoms with Crippen molar-refractivity contribution < 1.29 is 4.42 Å². The molecule has 0 amide bonds. The van der Waals surface area contributed by atoms with Gasteiger partial charge in [0, 0.05) is 76.6 Å². The first-order valence-electron chi connectivity index (χ1n) is 44.9. The fourth-order valence-electron chi connectivity index (χ4n) is 19.9. The molecule has 0 unspecified atom stereocenters. The van der Waals surface area contributed by atoms with Crippen molar-refractivity contribution in [2.24, 2.45) is 0 Å². The van der Waals surface area contributed by atoms with E-state index < -0.39 is 0 Å². The zero-order chi connectivity index (χ0) is 86.7. The second kappa shape index (κ2) is 33.2. The molecule has 5 heterocycles. The Kier molecular flexibility index (Phi) is 19.6. The first kappa shape index (κ1) is 77.2. The lowest BCUT2D eigenvalue weighted by Gasteiger charge is -2.17. The molecule has 26 aromatic rings. The third kappa shape index (κ3) is 14.3. The Balaban J connectivity index is 0.000000110. The Hall–Kier alpha value is -17.4. The fraction of sp³-hybridized carbons (Fsp3) is 0. The third-order valence-corrected chi connectivity index (χ3v) is 26.0. The highest BCUT2D eigenvalue weighted by Gasteiger charge is 2.22. The van der Waals surface area contributed by atoms with Crippen LogP contribution in [0.3, 0.4) is 0 Å². The molecule has 0 aliphatic heterocycles. The van der Waals surface area contributed by atoms with Crippen LogP contribution in [0.4, 0.5) is 0 Å². The van der Waals surface area contributed by atoms with Crippen molar-refractivity contribution in [1.82, 2.24) is 18.3 Å². The molecule has 0 aliphatic carbocycles. The van der Waals surface area contributed by atoms with Crippen molar-refractivity contribution in [3.8, 4) is 123 Å². The quantitative estimate of drug-likeness (QED) is 0.113. The van der Waals surface area contributed by atoms with Crippen LogP contribution < -0.4 is 0 Å². The Morgan fingerprint density at radius 1 is 0.107 bits per heavy atom. The lowest BCUT2D eigenvalue weighted by Crippen LogP contribution is -2.00. The highest BCUT2D eigenvalue weighted by atomic mass is 16.3. The van der Waals surface area contributed by atoms with Gasteiger partial charge in [-0.05, 0) is 264 Å². The van der Waals surface area contributed by atoms with Crippen molar-refractivity contribution in [2.75, 3.05) is 0 Å². The fourth-order valence-corrected chi connectivity index (χ4v) is 19.9. The minimum atomic E-state index is 0.910. The molecule has 0 aliphatic rings. The van der Waals surface area contributed by atoms with Gasteiger partial charge < -0.3 is 22.7 Å². The average Bonchev–Trinajstić information content (AvgIpc) is 1.59. The maximum atomic E-state index is 6.14. The van der Waals surface area contributed by atoms with E-state index in [9.17, 15) is 0 Å². The smallest absolute Gasteiger partial charge is 0.135 e. The van der Waals surface area contributed by atoms with Gasteiger partial charge in [0.25, 0.3) is 0 Å². The minimum absolute atomic E-state index is 0.910. The number of aromatic nitrogens is 4. The van der Waals surface area contributed by atoms with Gasteiger partial charge in [0.1, 0.15) is 11.2 Å². The van der Waals surface area contributed by atoms with E-state index in [2.05, 4.69) is 516 Å². The first-order chi connectivity index (χ1) is 64.9. The van der Waals surface area contributed by atoms with E-state index in [1.165, 1.54) is 187 Å². The van der Waals surface area contributed by atoms with Gasteiger partial charge in [-0.3, -0.25) is 0 Å². The zero-order valence-electron chi connectivity index (χ0n) is 71.7. The van der Waals surface area contributed by atoms with Crippen molar-refractivity contribution in [3.05, 3.63) is 510 Å². The zero-order valence-corrected chi connectivity index (χ0v) is 71.7. The van der Waals surface area contributed by atoms with Crippen LogP contribution in [0.5, 0.6) is 0 Å². The average molecular weight is 1670 g/mol. The molecule has 0 atom stereocenters. The number of para-hydroxylation sites is 9. The number of hydrogen-bond acceptors (Lipinski definition) is 1. The molecule has 26 rings (SSSR count). The molecule has 614 valence electrons. The van der Waals surface area contributed by atoms with E-state index in [1.54, 1.807) is 0 Å². The number of furan rings is 1.